The van der Waals surface area contributed by atoms with Gasteiger partial charge in [-0.25, -0.2) is 4.39 Å². The standard InChI is InChI=1S/C22H27FN2O/c23-19-10-4-1-6-16(19)7-5-13-25-20-17-8-2-3-9-18(17)22(21(20)26)11-14-24-15-12-22/h1-4,6,8-10,20-21,24-26H,5,7,11-15H2/t20-,21+/m0/s1. The number of hydrogen-bond donors (Lipinski definition) is 3. The second kappa shape index (κ2) is 7.47. The number of aliphatic hydroxyl groups is 1. The van der Waals surface area contributed by atoms with Crippen LogP contribution in [0.25, 0.3) is 0 Å². The van der Waals surface area contributed by atoms with E-state index in [2.05, 4.69) is 34.9 Å². The van der Waals surface area contributed by atoms with Crippen LogP contribution < -0.4 is 10.6 Å². The Balaban J connectivity index is 1.44. The minimum atomic E-state index is -0.407. The third-order valence-electron chi connectivity index (χ3n) is 6.15. The largest absolute Gasteiger partial charge is 0.390 e. The molecule has 0 amide bonds. The highest BCUT2D eigenvalue weighted by Crippen LogP contribution is 2.49. The van der Waals surface area contributed by atoms with Gasteiger partial charge in [0, 0.05) is 5.41 Å². The minimum absolute atomic E-state index is 0.0371. The number of halogens is 1. The predicted molar refractivity (Wildman–Crippen MR) is 102 cm³/mol. The van der Waals surface area contributed by atoms with Gasteiger partial charge in [-0.1, -0.05) is 42.5 Å². The van der Waals surface area contributed by atoms with Gasteiger partial charge in [0.1, 0.15) is 5.82 Å². The fourth-order valence-corrected chi connectivity index (χ4v) is 4.77. The Morgan fingerprint density at radius 3 is 2.62 bits per heavy atom. The number of piperidine rings is 1. The molecule has 0 aromatic heterocycles. The summed E-state index contributed by atoms with van der Waals surface area (Å²) in [6, 6.07) is 15.4. The van der Waals surface area contributed by atoms with E-state index in [0.717, 1.165) is 44.5 Å². The van der Waals surface area contributed by atoms with E-state index in [1.165, 1.54) is 17.2 Å². The van der Waals surface area contributed by atoms with Crippen molar-refractivity contribution in [1.82, 2.24) is 10.6 Å². The van der Waals surface area contributed by atoms with Crippen LogP contribution in [-0.2, 0) is 11.8 Å². The molecule has 2 aromatic rings. The summed E-state index contributed by atoms with van der Waals surface area (Å²) in [6.07, 6.45) is 3.09. The molecule has 26 heavy (non-hydrogen) atoms. The van der Waals surface area contributed by atoms with Crippen molar-refractivity contribution in [3.63, 3.8) is 0 Å². The number of nitrogens with one attached hydrogen (secondary N) is 2. The van der Waals surface area contributed by atoms with Crippen molar-refractivity contribution in [1.29, 1.82) is 0 Å². The lowest BCUT2D eigenvalue weighted by Crippen LogP contribution is -2.48. The highest BCUT2D eigenvalue weighted by atomic mass is 19.1. The van der Waals surface area contributed by atoms with Crippen molar-refractivity contribution in [3.05, 3.63) is 71.0 Å². The van der Waals surface area contributed by atoms with E-state index in [1.54, 1.807) is 6.07 Å². The van der Waals surface area contributed by atoms with Crippen LogP contribution in [0.5, 0.6) is 0 Å². The van der Waals surface area contributed by atoms with Crippen LogP contribution in [0.4, 0.5) is 4.39 Å². The Hall–Kier alpha value is -1.75. The third-order valence-corrected chi connectivity index (χ3v) is 6.15. The van der Waals surface area contributed by atoms with Gasteiger partial charge < -0.3 is 15.7 Å². The van der Waals surface area contributed by atoms with E-state index < -0.39 is 6.10 Å². The molecule has 2 aliphatic rings. The molecular weight excluding hydrogens is 327 g/mol. The number of benzene rings is 2. The molecule has 1 spiro atoms. The van der Waals surface area contributed by atoms with Crippen molar-refractivity contribution in [2.24, 2.45) is 0 Å². The molecule has 2 aromatic carbocycles. The van der Waals surface area contributed by atoms with Crippen LogP contribution in [0, 0.1) is 5.82 Å². The number of rotatable bonds is 5. The Morgan fingerprint density at radius 2 is 1.81 bits per heavy atom. The molecule has 0 bridgehead atoms. The summed E-state index contributed by atoms with van der Waals surface area (Å²) in [6.45, 7) is 2.66. The monoisotopic (exact) mass is 354 g/mol. The molecule has 1 aliphatic carbocycles. The summed E-state index contributed by atoms with van der Waals surface area (Å²) in [7, 11) is 0. The van der Waals surface area contributed by atoms with E-state index in [9.17, 15) is 9.50 Å². The summed E-state index contributed by atoms with van der Waals surface area (Å²) in [4.78, 5) is 0. The van der Waals surface area contributed by atoms with Crippen molar-refractivity contribution in [2.45, 2.75) is 43.2 Å². The summed E-state index contributed by atoms with van der Waals surface area (Å²) in [5, 5.41) is 18.2. The minimum Gasteiger partial charge on any atom is -0.390 e. The van der Waals surface area contributed by atoms with Gasteiger partial charge >= 0.3 is 0 Å². The molecule has 1 fully saturated rings. The predicted octanol–water partition coefficient (Wildman–Crippen LogP) is 3.08. The Bertz CT molecular complexity index is 757. The van der Waals surface area contributed by atoms with Crippen LogP contribution in [-0.4, -0.2) is 30.8 Å². The summed E-state index contributed by atoms with van der Waals surface area (Å²) >= 11 is 0. The lowest BCUT2D eigenvalue weighted by atomic mass is 9.72. The van der Waals surface area contributed by atoms with Crippen LogP contribution in [0.1, 0.15) is 42.0 Å². The topological polar surface area (TPSA) is 44.3 Å². The van der Waals surface area contributed by atoms with Gasteiger partial charge in [-0.05, 0) is 68.1 Å². The first-order valence-electron chi connectivity index (χ1n) is 9.67. The lowest BCUT2D eigenvalue weighted by Gasteiger charge is -2.39. The Morgan fingerprint density at radius 1 is 1.08 bits per heavy atom. The lowest BCUT2D eigenvalue weighted by molar-refractivity contribution is 0.0444. The zero-order valence-electron chi connectivity index (χ0n) is 15.0. The maximum atomic E-state index is 13.7. The first-order valence-corrected chi connectivity index (χ1v) is 9.67. The van der Waals surface area contributed by atoms with Crippen molar-refractivity contribution < 1.29 is 9.50 Å². The molecule has 4 heteroatoms. The molecular formula is C22H27FN2O. The summed E-state index contributed by atoms with van der Waals surface area (Å²) in [5.41, 5.74) is 3.16. The van der Waals surface area contributed by atoms with Gasteiger partial charge in [0.25, 0.3) is 0 Å². The first kappa shape index (κ1) is 17.7. The summed E-state index contributed by atoms with van der Waals surface area (Å²) < 4.78 is 13.7. The molecule has 4 rings (SSSR count). The third kappa shape index (κ3) is 3.07. The maximum Gasteiger partial charge on any atom is 0.126 e. The number of aliphatic hydroxyl groups excluding tert-OH is 1. The molecule has 0 unspecified atom stereocenters. The van der Waals surface area contributed by atoms with Gasteiger partial charge in [-0.15, -0.1) is 0 Å². The zero-order valence-corrected chi connectivity index (χ0v) is 15.0. The van der Waals surface area contributed by atoms with E-state index >= 15 is 0 Å². The molecule has 0 radical (unpaired) electrons. The number of hydrogen-bond acceptors (Lipinski definition) is 3. The molecule has 3 N–H and O–H groups in total. The van der Waals surface area contributed by atoms with Crippen LogP contribution >= 0.6 is 0 Å². The van der Waals surface area contributed by atoms with E-state index in [4.69, 9.17) is 0 Å². The van der Waals surface area contributed by atoms with Crippen molar-refractivity contribution in [3.8, 4) is 0 Å². The van der Waals surface area contributed by atoms with Gasteiger partial charge in [-0.2, -0.15) is 0 Å². The molecule has 1 saturated heterocycles. The summed E-state index contributed by atoms with van der Waals surface area (Å²) in [5.74, 6) is -0.132. The molecule has 1 heterocycles. The van der Waals surface area contributed by atoms with Gasteiger partial charge in [0.15, 0.2) is 0 Å². The number of aryl methyl sites for hydroxylation is 1. The van der Waals surface area contributed by atoms with Gasteiger partial charge in [0.2, 0.25) is 0 Å². The Kier molecular flexibility index (Phi) is 5.07. The molecule has 2 atom stereocenters. The first-order chi connectivity index (χ1) is 12.7. The zero-order chi connectivity index (χ0) is 18.0. The molecule has 138 valence electrons. The van der Waals surface area contributed by atoms with E-state index in [-0.39, 0.29) is 17.3 Å². The van der Waals surface area contributed by atoms with Crippen LogP contribution in [0.15, 0.2) is 48.5 Å². The van der Waals surface area contributed by atoms with Gasteiger partial charge in [0.05, 0.1) is 12.1 Å². The second-order valence-electron chi connectivity index (χ2n) is 7.56. The molecule has 0 saturated carbocycles. The quantitative estimate of drug-likeness (QED) is 0.723. The van der Waals surface area contributed by atoms with Crippen molar-refractivity contribution >= 4 is 0 Å². The average Bonchev–Trinajstić information content (AvgIpc) is 2.90. The Labute approximate surface area is 154 Å². The fraction of sp³-hybridized carbons (Fsp3) is 0.455. The second-order valence-corrected chi connectivity index (χ2v) is 7.56. The van der Waals surface area contributed by atoms with Crippen molar-refractivity contribution in [2.75, 3.05) is 19.6 Å². The van der Waals surface area contributed by atoms with Gasteiger partial charge in [-0.3, -0.25) is 0 Å². The number of fused-ring (bicyclic) bond motifs is 2. The van der Waals surface area contributed by atoms with Crippen LogP contribution in [0.2, 0.25) is 0 Å². The smallest absolute Gasteiger partial charge is 0.126 e. The highest BCUT2D eigenvalue weighted by Gasteiger charge is 2.51. The highest BCUT2D eigenvalue weighted by molar-refractivity contribution is 5.45. The molecule has 3 nitrogen and oxygen atoms in total. The maximum absolute atomic E-state index is 13.7. The SMILES string of the molecule is O[C@@H]1[C@@H](NCCCc2ccccc2F)c2ccccc2C12CCNCC2. The van der Waals surface area contributed by atoms with E-state index in [0.29, 0.717) is 6.42 Å². The fourth-order valence-electron chi connectivity index (χ4n) is 4.77. The van der Waals surface area contributed by atoms with E-state index in [1.807, 2.05) is 12.1 Å². The average molecular weight is 354 g/mol. The van der Waals surface area contributed by atoms with Crippen LogP contribution in [0.3, 0.4) is 0 Å². The normalized spacial score (nSPS) is 23.9. The molecule has 1 aliphatic heterocycles.